The minimum absolute atomic E-state index is 0.135. The highest BCUT2D eigenvalue weighted by Crippen LogP contribution is 2.35. The molecule has 2 aromatic rings. The Morgan fingerprint density at radius 1 is 0.960 bits per heavy atom. The van der Waals surface area contributed by atoms with E-state index in [1.54, 1.807) is 50.2 Å². The van der Waals surface area contributed by atoms with E-state index in [1.165, 1.54) is 19.1 Å². The number of ether oxygens (including phenoxy) is 2. The number of rotatable bonds is 6. The topological polar surface area (TPSA) is 52.6 Å². The molecule has 0 saturated heterocycles. The molecule has 0 aliphatic carbocycles. The van der Waals surface area contributed by atoms with Crippen LogP contribution in [-0.2, 0) is 24.5 Å². The van der Waals surface area contributed by atoms with Crippen molar-refractivity contribution in [2.24, 2.45) is 0 Å². The predicted octanol–water partition coefficient (Wildman–Crippen LogP) is 3.88. The number of hydrogen-bond donors (Lipinski definition) is 0. The Kier molecular flexibility index (Phi) is 5.91. The van der Waals surface area contributed by atoms with E-state index < -0.39 is 23.2 Å². The van der Waals surface area contributed by atoms with Crippen molar-refractivity contribution < 1.29 is 23.5 Å². The van der Waals surface area contributed by atoms with Crippen molar-refractivity contribution >= 4 is 11.9 Å². The molecule has 132 valence electrons. The lowest BCUT2D eigenvalue weighted by Crippen LogP contribution is -2.44. The summed E-state index contributed by atoms with van der Waals surface area (Å²) >= 11 is 0. The monoisotopic (exact) mass is 344 g/mol. The molecular formula is C20H21FO4. The van der Waals surface area contributed by atoms with Crippen LogP contribution in [0.4, 0.5) is 4.39 Å². The zero-order valence-electron chi connectivity index (χ0n) is 14.5. The molecule has 5 heteroatoms. The van der Waals surface area contributed by atoms with Gasteiger partial charge in [0.15, 0.2) is 5.41 Å². The van der Waals surface area contributed by atoms with E-state index in [0.717, 1.165) is 0 Å². The summed E-state index contributed by atoms with van der Waals surface area (Å²) in [4.78, 5) is 25.3. The van der Waals surface area contributed by atoms with Crippen LogP contribution in [0.15, 0.2) is 48.5 Å². The third-order valence-electron chi connectivity index (χ3n) is 3.97. The molecule has 0 aliphatic heterocycles. The molecule has 0 N–H and O–H groups in total. The highest BCUT2D eigenvalue weighted by Gasteiger charge is 2.47. The first-order valence-electron chi connectivity index (χ1n) is 8.15. The molecule has 0 atom stereocenters. The zero-order valence-corrected chi connectivity index (χ0v) is 14.5. The molecule has 0 bridgehead atoms. The van der Waals surface area contributed by atoms with Gasteiger partial charge in [0.05, 0.1) is 13.2 Å². The lowest BCUT2D eigenvalue weighted by atomic mass is 9.78. The van der Waals surface area contributed by atoms with Gasteiger partial charge in [-0.3, -0.25) is 9.59 Å². The van der Waals surface area contributed by atoms with E-state index in [2.05, 4.69) is 0 Å². The van der Waals surface area contributed by atoms with Crippen LogP contribution in [0.25, 0.3) is 11.1 Å². The minimum Gasteiger partial charge on any atom is -0.465 e. The second kappa shape index (κ2) is 7.92. The minimum atomic E-state index is -1.64. The molecule has 0 aromatic heterocycles. The van der Waals surface area contributed by atoms with E-state index in [1.807, 2.05) is 0 Å². The van der Waals surface area contributed by atoms with Gasteiger partial charge >= 0.3 is 11.9 Å². The van der Waals surface area contributed by atoms with Crippen molar-refractivity contribution in [2.75, 3.05) is 13.2 Å². The van der Waals surface area contributed by atoms with Crippen molar-refractivity contribution in [1.82, 2.24) is 0 Å². The predicted molar refractivity (Wildman–Crippen MR) is 92.5 cm³/mol. The number of halogens is 1. The highest BCUT2D eigenvalue weighted by molar-refractivity contribution is 6.07. The van der Waals surface area contributed by atoms with Crippen LogP contribution in [0.2, 0.25) is 0 Å². The van der Waals surface area contributed by atoms with Gasteiger partial charge in [0, 0.05) is 0 Å². The number of carbonyl (C=O) groups is 2. The molecule has 2 rings (SSSR count). The van der Waals surface area contributed by atoms with E-state index in [-0.39, 0.29) is 13.2 Å². The number of esters is 2. The Morgan fingerprint density at radius 2 is 1.56 bits per heavy atom. The van der Waals surface area contributed by atoms with Crippen molar-refractivity contribution in [1.29, 1.82) is 0 Å². The number of hydrogen-bond acceptors (Lipinski definition) is 4. The van der Waals surface area contributed by atoms with Crippen molar-refractivity contribution in [3.05, 3.63) is 59.9 Å². The first-order chi connectivity index (χ1) is 11.9. The van der Waals surface area contributed by atoms with Gasteiger partial charge < -0.3 is 9.47 Å². The first-order valence-corrected chi connectivity index (χ1v) is 8.15. The van der Waals surface area contributed by atoms with Crippen molar-refractivity contribution in [3.63, 3.8) is 0 Å². The molecule has 2 aromatic carbocycles. The molecule has 0 amide bonds. The van der Waals surface area contributed by atoms with E-state index >= 15 is 0 Å². The van der Waals surface area contributed by atoms with E-state index in [9.17, 15) is 14.0 Å². The maximum Gasteiger partial charge on any atom is 0.327 e. The summed E-state index contributed by atoms with van der Waals surface area (Å²) in [6.45, 7) is 5.08. The lowest BCUT2D eigenvalue weighted by Gasteiger charge is -2.27. The summed E-state index contributed by atoms with van der Waals surface area (Å²) in [6, 6.07) is 12.9. The maximum atomic E-state index is 13.7. The normalized spacial score (nSPS) is 11.0. The second-order valence-corrected chi connectivity index (χ2v) is 5.62. The molecule has 0 spiro atoms. The fraction of sp³-hybridized carbons (Fsp3) is 0.300. The molecule has 4 nitrogen and oxygen atoms in total. The van der Waals surface area contributed by atoms with Crippen molar-refractivity contribution in [2.45, 2.75) is 26.2 Å². The summed E-state index contributed by atoms with van der Waals surface area (Å²) in [5.41, 5.74) is -0.0897. The van der Waals surface area contributed by atoms with Gasteiger partial charge in [-0.05, 0) is 49.6 Å². The van der Waals surface area contributed by atoms with Gasteiger partial charge in [-0.15, -0.1) is 0 Å². The van der Waals surface area contributed by atoms with Gasteiger partial charge in [-0.2, -0.15) is 0 Å². The maximum absolute atomic E-state index is 13.7. The van der Waals surface area contributed by atoms with Crippen LogP contribution in [0.1, 0.15) is 26.3 Å². The van der Waals surface area contributed by atoms with Gasteiger partial charge in [0.2, 0.25) is 0 Å². The van der Waals surface area contributed by atoms with Gasteiger partial charge in [-0.25, -0.2) is 4.39 Å². The summed E-state index contributed by atoms with van der Waals surface area (Å²) < 4.78 is 23.9. The smallest absolute Gasteiger partial charge is 0.327 e. The van der Waals surface area contributed by atoms with Crippen LogP contribution in [0.5, 0.6) is 0 Å². The average Bonchev–Trinajstić information content (AvgIpc) is 2.61. The fourth-order valence-electron chi connectivity index (χ4n) is 2.68. The number of carbonyl (C=O) groups excluding carboxylic acids is 2. The summed E-state index contributed by atoms with van der Waals surface area (Å²) in [7, 11) is 0. The molecule has 0 saturated carbocycles. The standard InChI is InChI=1S/C20H21FO4/c1-4-24-18(22)20(3,19(23)25-5-2)17-12-7-6-11-16(17)14-9-8-10-15(21)13-14/h6-13H,4-5H2,1-3H3. The Morgan fingerprint density at radius 3 is 2.12 bits per heavy atom. The van der Waals surface area contributed by atoms with Gasteiger partial charge in [0.1, 0.15) is 5.82 Å². The van der Waals surface area contributed by atoms with Gasteiger partial charge in [0.25, 0.3) is 0 Å². The molecule has 25 heavy (non-hydrogen) atoms. The van der Waals surface area contributed by atoms with Crippen LogP contribution < -0.4 is 0 Å². The zero-order chi connectivity index (χ0) is 18.4. The van der Waals surface area contributed by atoms with Crippen molar-refractivity contribution in [3.8, 4) is 11.1 Å². The Hall–Kier alpha value is -2.69. The Labute approximate surface area is 146 Å². The quantitative estimate of drug-likeness (QED) is 0.589. The average molecular weight is 344 g/mol. The highest BCUT2D eigenvalue weighted by atomic mass is 19.1. The Balaban J connectivity index is 2.66. The summed E-state index contributed by atoms with van der Waals surface area (Å²) in [6.07, 6.45) is 0. The molecule has 0 aliphatic rings. The molecule has 0 radical (unpaired) electrons. The van der Waals surface area contributed by atoms with Gasteiger partial charge in [-0.1, -0.05) is 36.4 Å². The number of benzene rings is 2. The lowest BCUT2D eigenvalue weighted by molar-refractivity contribution is -0.163. The molecular weight excluding hydrogens is 323 g/mol. The second-order valence-electron chi connectivity index (χ2n) is 5.62. The summed E-state index contributed by atoms with van der Waals surface area (Å²) in [5, 5.41) is 0. The Bertz CT molecular complexity index is 752. The largest absolute Gasteiger partial charge is 0.465 e. The van der Waals surface area contributed by atoms with Crippen LogP contribution in [0.3, 0.4) is 0 Å². The first kappa shape index (κ1) is 18.6. The van der Waals surface area contributed by atoms with E-state index in [4.69, 9.17) is 9.47 Å². The van der Waals surface area contributed by atoms with E-state index in [0.29, 0.717) is 16.7 Å². The third-order valence-corrected chi connectivity index (χ3v) is 3.97. The molecule has 0 unspecified atom stereocenters. The molecule has 0 heterocycles. The molecule has 0 fully saturated rings. The van der Waals surface area contributed by atoms with Crippen LogP contribution >= 0.6 is 0 Å². The van der Waals surface area contributed by atoms with Crippen LogP contribution in [0, 0.1) is 5.82 Å². The fourth-order valence-corrected chi connectivity index (χ4v) is 2.68. The summed E-state index contributed by atoms with van der Waals surface area (Å²) in [5.74, 6) is -1.80. The van der Waals surface area contributed by atoms with Crippen LogP contribution in [-0.4, -0.2) is 25.2 Å². The third kappa shape index (κ3) is 3.71. The SMILES string of the molecule is CCOC(=O)C(C)(C(=O)OCC)c1ccccc1-c1cccc(F)c1.